The SMILES string of the molecule is CCOC(=O)c1ccc(-c2[nH]c3ccc(Br)cc3c2C#N)cc1. The van der Waals surface area contributed by atoms with Crippen molar-refractivity contribution in [1.82, 2.24) is 4.98 Å². The predicted octanol–water partition coefficient (Wildman–Crippen LogP) is 4.65. The third-order valence-corrected chi connectivity index (χ3v) is 4.05. The minimum Gasteiger partial charge on any atom is -0.462 e. The maximum atomic E-state index is 11.7. The quantitative estimate of drug-likeness (QED) is 0.684. The van der Waals surface area contributed by atoms with Crippen molar-refractivity contribution in [3.63, 3.8) is 0 Å². The van der Waals surface area contributed by atoms with Crippen LogP contribution in [0.2, 0.25) is 0 Å². The van der Waals surface area contributed by atoms with E-state index in [9.17, 15) is 10.1 Å². The number of carbonyl (C=O) groups excluding carboxylic acids is 1. The molecule has 0 aliphatic carbocycles. The standard InChI is InChI=1S/C18H13BrN2O2/c1-2-23-18(22)12-5-3-11(4-6-12)17-15(10-20)14-9-13(19)7-8-16(14)21-17/h3-9,21H,2H2,1H3. The van der Waals surface area contributed by atoms with Gasteiger partial charge in [0.2, 0.25) is 0 Å². The Morgan fingerprint density at radius 2 is 2.00 bits per heavy atom. The van der Waals surface area contributed by atoms with E-state index in [0.29, 0.717) is 17.7 Å². The number of hydrogen-bond acceptors (Lipinski definition) is 3. The van der Waals surface area contributed by atoms with Crippen molar-refractivity contribution in [2.45, 2.75) is 6.92 Å². The highest BCUT2D eigenvalue weighted by atomic mass is 79.9. The third-order valence-electron chi connectivity index (χ3n) is 3.56. The van der Waals surface area contributed by atoms with Gasteiger partial charge in [0.25, 0.3) is 0 Å². The number of fused-ring (bicyclic) bond motifs is 1. The van der Waals surface area contributed by atoms with E-state index in [1.54, 1.807) is 19.1 Å². The largest absolute Gasteiger partial charge is 0.462 e. The van der Waals surface area contributed by atoms with E-state index in [1.807, 2.05) is 30.3 Å². The van der Waals surface area contributed by atoms with E-state index in [1.165, 1.54) is 0 Å². The number of carbonyl (C=O) groups is 1. The van der Waals surface area contributed by atoms with Crippen molar-refractivity contribution in [3.05, 3.63) is 58.1 Å². The van der Waals surface area contributed by atoms with Crippen molar-refractivity contribution in [2.75, 3.05) is 6.61 Å². The Morgan fingerprint density at radius 1 is 1.26 bits per heavy atom. The van der Waals surface area contributed by atoms with Crippen LogP contribution in [0.1, 0.15) is 22.8 Å². The number of nitrogens with zero attached hydrogens (tertiary/aromatic N) is 1. The summed E-state index contributed by atoms with van der Waals surface area (Å²) in [5.41, 5.74) is 3.57. The van der Waals surface area contributed by atoms with Crippen LogP contribution in [0.3, 0.4) is 0 Å². The average molecular weight is 369 g/mol. The molecule has 0 fully saturated rings. The van der Waals surface area contributed by atoms with Gasteiger partial charge in [0.15, 0.2) is 0 Å². The topological polar surface area (TPSA) is 65.9 Å². The fourth-order valence-corrected chi connectivity index (χ4v) is 2.85. The predicted molar refractivity (Wildman–Crippen MR) is 92.1 cm³/mol. The summed E-state index contributed by atoms with van der Waals surface area (Å²) in [7, 11) is 0. The molecule has 0 amide bonds. The zero-order chi connectivity index (χ0) is 16.4. The number of nitriles is 1. The van der Waals surface area contributed by atoms with Crippen LogP contribution in [0.4, 0.5) is 0 Å². The average Bonchev–Trinajstić information content (AvgIpc) is 2.93. The molecule has 114 valence electrons. The Hall–Kier alpha value is -2.58. The molecule has 0 unspecified atom stereocenters. The van der Waals surface area contributed by atoms with Crippen LogP contribution >= 0.6 is 15.9 Å². The molecule has 1 heterocycles. The summed E-state index contributed by atoms with van der Waals surface area (Å²) in [5.74, 6) is -0.347. The van der Waals surface area contributed by atoms with E-state index < -0.39 is 0 Å². The summed E-state index contributed by atoms with van der Waals surface area (Å²) in [6.45, 7) is 2.12. The maximum Gasteiger partial charge on any atom is 0.338 e. The molecule has 0 spiro atoms. The Labute approximate surface area is 141 Å². The van der Waals surface area contributed by atoms with Crippen LogP contribution in [0.15, 0.2) is 46.9 Å². The Kier molecular flexibility index (Phi) is 4.18. The minimum atomic E-state index is -0.347. The van der Waals surface area contributed by atoms with Crippen LogP contribution < -0.4 is 0 Å². The molecule has 1 aromatic heterocycles. The number of aromatic nitrogens is 1. The number of hydrogen-bond donors (Lipinski definition) is 1. The zero-order valence-corrected chi connectivity index (χ0v) is 14.0. The van der Waals surface area contributed by atoms with Gasteiger partial charge in [-0.1, -0.05) is 28.1 Å². The van der Waals surface area contributed by atoms with Crippen molar-refractivity contribution in [1.29, 1.82) is 5.26 Å². The molecule has 3 rings (SSSR count). The fraction of sp³-hybridized carbons (Fsp3) is 0.111. The summed E-state index contributed by atoms with van der Waals surface area (Å²) in [4.78, 5) is 15.0. The van der Waals surface area contributed by atoms with Crippen LogP contribution in [-0.2, 0) is 4.74 Å². The third kappa shape index (κ3) is 2.86. The van der Waals surface area contributed by atoms with Gasteiger partial charge in [0.05, 0.1) is 23.4 Å². The van der Waals surface area contributed by atoms with Gasteiger partial charge in [-0.3, -0.25) is 0 Å². The second-order valence-electron chi connectivity index (χ2n) is 4.97. The molecular weight excluding hydrogens is 356 g/mol. The second-order valence-corrected chi connectivity index (χ2v) is 5.89. The summed E-state index contributed by atoms with van der Waals surface area (Å²) in [6.07, 6.45) is 0. The van der Waals surface area contributed by atoms with Gasteiger partial charge < -0.3 is 9.72 Å². The highest BCUT2D eigenvalue weighted by Gasteiger charge is 2.14. The number of halogens is 1. The number of rotatable bonds is 3. The molecule has 2 aromatic carbocycles. The lowest BCUT2D eigenvalue weighted by molar-refractivity contribution is 0.0526. The number of aromatic amines is 1. The number of esters is 1. The van der Waals surface area contributed by atoms with E-state index in [0.717, 1.165) is 26.6 Å². The lowest BCUT2D eigenvalue weighted by Gasteiger charge is -2.03. The lowest BCUT2D eigenvalue weighted by Crippen LogP contribution is -2.04. The number of nitrogens with one attached hydrogen (secondary N) is 1. The maximum absolute atomic E-state index is 11.7. The molecule has 0 atom stereocenters. The number of H-pyrrole nitrogens is 1. The van der Waals surface area contributed by atoms with Crippen LogP contribution in [-0.4, -0.2) is 17.6 Å². The summed E-state index contributed by atoms with van der Waals surface area (Å²) >= 11 is 3.43. The summed E-state index contributed by atoms with van der Waals surface area (Å²) < 4.78 is 5.90. The molecule has 0 saturated heterocycles. The molecule has 1 N–H and O–H groups in total. The molecule has 3 aromatic rings. The van der Waals surface area contributed by atoms with Gasteiger partial charge >= 0.3 is 5.97 Å². The van der Waals surface area contributed by atoms with Gasteiger partial charge in [-0.2, -0.15) is 5.26 Å². The normalized spacial score (nSPS) is 10.5. The minimum absolute atomic E-state index is 0.343. The molecule has 5 heteroatoms. The van der Waals surface area contributed by atoms with E-state index in [2.05, 4.69) is 27.0 Å². The van der Waals surface area contributed by atoms with Crippen LogP contribution in [0.25, 0.3) is 22.2 Å². The molecule has 0 aliphatic rings. The molecule has 0 saturated carbocycles. The number of ether oxygens (including phenoxy) is 1. The molecule has 0 bridgehead atoms. The van der Waals surface area contributed by atoms with Gasteiger partial charge in [-0.15, -0.1) is 0 Å². The summed E-state index contributed by atoms with van der Waals surface area (Å²) in [5, 5.41) is 10.4. The first-order valence-electron chi connectivity index (χ1n) is 7.13. The fourth-order valence-electron chi connectivity index (χ4n) is 2.48. The van der Waals surface area contributed by atoms with Gasteiger partial charge in [-0.25, -0.2) is 4.79 Å². The number of benzene rings is 2. The molecule has 23 heavy (non-hydrogen) atoms. The first-order chi connectivity index (χ1) is 11.1. The van der Waals surface area contributed by atoms with E-state index in [4.69, 9.17) is 4.74 Å². The Morgan fingerprint density at radius 3 is 2.65 bits per heavy atom. The van der Waals surface area contributed by atoms with Crippen LogP contribution in [0, 0.1) is 11.3 Å². The molecule has 0 radical (unpaired) electrons. The zero-order valence-electron chi connectivity index (χ0n) is 12.4. The molecular formula is C18H13BrN2O2. The van der Waals surface area contributed by atoms with Gasteiger partial charge in [0.1, 0.15) is 6.07 Å². The highest BCUT2D eigenvalue weighted by molar-refractivity contribution is 9.10. The monoisotopic (exact) mass is 368 g/mol. The lowest BCUT2D eigenvalue weighted by atomic mass is 10.0. The van der Waals surface area contributed by atoms with Crippen molar-refractivity contribution < 1.29 is 9.53 Å². The van der Waals surface area contributed by atoms with Gasteiger partial charge in [0, 0.05) is 15.4 Å². The first kappa shape index (κ1) is 15.3. The second kappa shape index (κ2) is 6.27. The first-order valence-corrected chi connectivity index (χ1v) is 7.92. The van der Waals surface area contributed by atoms with Crippen LogP contribution in [0.5, 0.6) is 0 Å². The highest BCUT2D eigenvalue weighted by Crippen LogP contribution is 2.31. The Bertz CT molecular complexity index is 921. The van der Waals surface area contributed by atoms with E-state index >= 15 is 0 Å². The van der Waals surface area contributed by atoms with Crippen molar-refractivity contribution in [3.8, 4) is 17.3 Å². The van der Waals surface area contributed by atoms with Gasteiger partial charge in [-0.05, 0) is 42.8 Å². The van der Waals surface area contributed by atoms with Crippen molar-refractivity contribution >= 4 is 32.8 Å². The van der Waals surface area contributed by atoms with Crippen molar-refractivity contribution in [2.24, 2.45) is 0 Å². The van der Waals surface area contributed by atoms with E-state index in [-0.39, 0.29) is 5.97 Å². The smallest absolute Gasteiger partial charge is 0.338 e. The molecule has 4 nitrogen and oxygen atoms in total. The summed E-state index contributed by atoms with van der Waals surface area (Å²) in [6, 6.07) is 15.1. The molecule has 0 aliphatic heterocycles. The Balaban J connectivity index is 2.07.